The van der Waals surface area contributed by atoms with Gasteiger partial charge in [0.15, 0.2) is 11.6 Å². The van der Waals surface area contributed by atoms with Gasteiger partial charge in [-0.2, -0.15) is 0 Å². The minimum absolute atomic E-state index is 0.111. The highest BCUT2D eigenvalue weighted by atomic mass is 35.5. The maximum atomic E-state index is 15.5. The van der Waals surface area contributed by atoms with Crippen LogP contribution in [0.5, 0.6) is 11.5 Å². The summed E-state index contributed by atoms with van der Waals surface area (Å²) in [4.78, 5) is 11.7. The van der Waals surface area contributed by atoms with Gasteiger partial charge in [0, 0.05) is 18.2 Å². The molecule has 0 aromatic heterocycles. The number of ether oxygens (including phenoxy) is 2. The second-order valence-electron chi connectivity index (χ2n) is 8.49. The molecule has 0 aliphatic carbocycles. The van der Waals surface area contributed by atoms with E-state index >= 15 is 4.39 Å². The lowest BCUT2D eigenvalue weighted by molar-refractivity contribution is 0.107. The second-order valence-corrected chi connectivity index (χ2v) is 10.9. The first-order valence-corrected chi connectivity index (χ1v) is 12.4. The number of halogens is 2. The Hall–Kier alpha value is -2.16. The normalized spacial score (nSPS) is 14.3. The van der Waals surface area contributed by atoms with Gasteiger partial charge in [-0.3, -0.25) is 0 Å². The lowest BCUT2D eigenvalue weighted by atomic mass is 10.0. The summed E-state index contributed by atoms with van der Waals surface area (Å²) in [5, 5.41) is 2.68. The van der Waals surface area contributed by atoms with Crippen LogP contribution in [0.3, 0.4) is 0 Å². The summed E-state index contributed by atoms with van der Waals surface area (Å²) < 4.78 is 41.7. The van der Waals surface area contributed by atoms with Crippen molar-refractivity contribution in [3.8, 4) is 11.5 Å². The van der Waals surface area contributed by atoms with Gasteiger partial charge in [0.05, 0.1) is 20.8 Å². The van der Waals surface area contributed by atoms with E-state index in [0.29, 0.717) is 29.8 Å². The number of carbonyl (C=O) groups is 1. The lowest BCUT2D eigenvalue weighted by Gasteiger charge is -2.24. The molecule has 182 valence electrons. The third-order valence-corrected chi connectivity index (χ3v) is 6.73. The highest BCUT2D eigenvalue weighted by molar-refractivity contribution is 7.84. The Kier molecular flexibility index (Phi) is 9.70. The van der Waals surface area contributed by atoms with Crippen molar-refractivity contribution in [1.82, 2.24) is 10.0 Å². The molecule has 2 N–H and O–H groups in total. The Labute approximate surface area is 202 Å². The molecule has 0 fully saturated rings. The molecule has 33 heavy (non-hydrogen) atoms. The summed E-state index contributed by atoms with van der Waals surface area (Å²) >= 11 is 6.26. The van der Waals surface area contributed by atoms with Crippen molar-refractivity contribution in [2.45, 2.75) is 64.9 Å². The first kappa shape index (κ1) is 27.1. The standard InChI is InChI=1S/C24H32ClFN2O4S/c1-7-20(28-33(30)24(4,5)6)18-12-13-19(25)22(21(18)26)32-17-11-9-10-16(14-17)15(3)31-23(29)27-8-2/h9-15,20,28H,7-8H2,1-6H3,(H,27,29)/t15-,20+,33+/m1/s1. The predicted molar refractivity (Wildman–Crippen MR) is 131 cm³/mol. The van der Waals surface area contributed by atoms with E-state index < -0.39 is 39.8 Å². The van der Waals surface area contributed by atoms with Crippen LogP contribution in [0.2, 0.25) is 5.02 Å². The molecule has 2 rings (SSSR count). The van der Waals surface area contributed by atoms with Gasteiger partial charge >= 0.3 is 6.09 Å². The number of hydrogen-bond donors (Lipinski definition) is 2. The molecule has 0 bridgehead atoms. The van der Waals surface area contributed by atoms with Crippen LogP contribution in [0.15, 0.2) is 36.4 Å². The van der Waals surface area contributed by atoms with E-state index in [4.69, 9.17) is 21.1 Å². The zero-order valence-corrected chi connectivity index (χ0v) is 21.4. The zero-order chi connectivity index (χ0) is 24.8. The molecule has 9 heteroatoms. The van der Waals surface area contributed by atoms with Crippen molar-refractivity contribution in [2.24, 2.45) is 0 Å². The van der Waals surface area contributed by atoms with Crippen LogP contribution in [0.1, 0.15) is 71.2 Å². The van der Waals surface area contributed by atoms with Gasteiger partial charge in [0.25, 0.3) is 0 Å². The Bertz CT molecular complexity index is 997. The molecular weight excluding hydrogens is 467 g/mol. The largest absolute Gasteiger partial charge is 0.453 e. The van der Waals surface area contributed by atoms with Crippen LogP contribution in [0, 0.1) is 5.82 Å². The molecule has 0 aliphatic rings. The average Bonchev–Trinajstić information content (AvgIpc) is 2.75. The zero-order valence-electron chi connectivity index (χ0n) is 19.8. The van der Waals surface area contributed by atoms with Gasteiger partial charge in [-0.15, -0.1) is 0 Å². The molecule has 3 atom stereocenters. The van der Waals surface area contributed by atoms with E-state index in [1.54, 1.807) is 50.2 Å². The van der Waals surface area contributed by atoms with E-state index in [1.807, 2.05) is 27.7 Å². The number of carbonyl (C=O) groups excluding carboxylic acids is 1. The molecule has 0 aliphatic heterocycles. The Balaban J connectivity index is 2.30. The van der Waals surface area contributed by atoms with Gasteiger partial charge < -0.3 is 14.8 Å². The third-order valence-electron chi connectivity index (χ3n) is 4.82. The van der Waals surface area contributed by atoms with Crippen molar-refractivity contribution in [3.63, 3.8) is 0 Å². The fourth-order valence-corrected chi connectivity index (χ4v) is 4.04. The Morgan fingerprint density at radius 1 is 1.21 bits per heavy atom. The van der Waals surface area contributed by atoms with Crippen LogP contribution in [-0.2, 0) is 15.7 Å². The highest BCUT2D eigenvalue weighted by Gasteiger charge is 2.26. The molecule has 6 nitrogen and oxygen atoms in total. The monoisotopic (exact) mass is 498 g/mol. The number of nitrogens with one attached hydrogen (secondary N) is 2. The SMILES string of the molecule is CCNC(=O)O[C@H](C)c1cccc(Oc2c(Cl)ccc([C@H](CC)N[S@@](=O)C(C)(C)C)c2F)c1. The summed E-state index contributed by atoms with van der Waals surface area (Å²) in [5.74, 6) is -0.397. The number of rotatable bonds is 9. The van der Waals surface area contributed by atoms with Gasteiger partial charge in [0.2, 0.25) is 0 Å². The van der Waals surface area contributed by atoms with Crippen LogP contribution in [-0.4, -0.2) is 21.6 Å². The van der Waals surface area contributed by atoms with Gasteiger partial charge in [-0.05, 0) is 64.8 Å². The second kappa shape index (κ2) is 11.8. The lowest BCUT2D eigenvalue weighted by Crippen LogP contribution is -2.35. The molecule has 0 spiro atoms. The maximum Gasteiger partial charge on any atom is 0.407 e. The first-order chi connectivity index (χ1) is 15.5. The van der Waals surface area contributed by atoms with Crippen molar-refractivity contribution in [3.05, 3.63) is 58.4 Å². The molecule has 0 saturated carbocycles. The van der Waals surface area contributed by atoms with Crippen molar-refractivity contribution < 1.29 is 22.9 Å². The van der Waals surface area contributed by atoms with E-state index in [0.717, 1.165) is 0 Å². The van der Waals surface area contributed by atoms with Crippen LogP contribution in [0.25, 0.3) is 0 Å². The van der Waals surface area contributed by atoms with Crippen molar-refractivity contribution in [2.75, 3.05) is 6.54 Å². The Morgan fingerprint density at radius 3 is 2.52 bits per heavy atom. The fraction of sp³-hybridized carbons (Fsp3) is 0.458. The molecule has 0 unspecified atom stereocenters. The molecule has 1 amide bonds. The number of benzene rings is 2. The van der Waals surface area contributed by atoms with E-state index in [2.05, 4.69) is 10.0 Å². The average molecular weight is 499 g/mol. The third kappa shape index (κ3) is 7.42. The molecule has 0 heterocycles. The van der Waals surface area contributed by atoms with Crippen molar-refractivity contribution in [1.29, 1.82) is 0 Å². The molecular formula is C24H32ClFN2O4S. The van der Waals surface area contributed by atoms with Crippen LogP contribution in [0.4, 0.5) is 9.18 Å². The molecule has 0 radical (unpaired) electrons. The van der Waals surface area contributed by atoms with Gasteiger partial charge in [0.1, 0.15) is 11.9 Å². The van der Waals surface area contributed by atoms with Crippen LogP contribution < -0.4 is 14.8 Å². The summed E-state index contributed by atoms with van der Waals surface area (Å²) in [6.45, 7) is 11.4. The van der Waals surface area contributed by atoms with E-state index in [-0.39, 0.29) is 10.8 Å². The minimum Gasteiger partial charge on any atom is -0.453 e. The van der Waals surface area contributed by atoms with Crippen LogP contribution >= 0.6 is 11.6 Å². The minimum atomic E-state index is -1.38. The quantitative estimate of drug-likeness (QED) is 0.409. The highest BCUT2D eigenvalue weighted by Crippen LogP contribution is 2.37. The van der Waals surface area contributed by atoms with Gasteiger partial charge in [-0.25, -0.2) is 18.1 Å². The van der Waals surface area contributed by atoms with Crippen molar-refractivity contribution >= 4 is 28.7 Å². The summed E-state index contributed by atoms with van der Waals surface area (Å²) in [6.07, 6.45) is -0.541. The van der Waals surface area contributed by atoms with E-state index in [9.17, 15) is 9.00 Å². The van der Waals surface area contributed by atoms with Gasteiger partial charge in [-0.1, -0.05) is 36.7 Å². The summed E-state index contributed by atoms with van der Waals surface area (Å²) in [6, 6.07) is 9.48. The molecule has 2 aromatic carbocycles. The smallest absolute Gasteiger partial charge is 0.407 e. The fourth-order valence-electron chi connectivity index (χ4n) is 2.95. The number of alkyl carbamates (subject to hydrolysis) is 1. The topological polar surface area (TPSA) is 76.7 Å². The first-order valence-electron chi connectivity index (χ1n) is 10.9. The maximum absolute atomic E-state index is 15.5. The Morgan fingerprint density at radius 2 is 1.91 bits per heavy atom. The summed E-state index contributed by atoms with van der Waals surface area (Å²) in [7, 11) is -1.38. The molecule has 2 aromatic rings. The predicted octanol–water partition coefficient (Wildman–Crippen LogP) is 6.58. The van der Waals surface area contributed by atoms with E-state index in [1.165, 1.54) is 0 Å². The summed E-state index contributed by atoms with van der Waals surface area (Å²) in [5.41, 5.74) is 0.999. The molecule has 0 saturated heterocycles. The number of amides is 1. The number of hydrogen-bond acceptors (Lipinski definition) is 4.